The average Bonchev–Trinajstić information content (AvgIpc) is 3.07. The average molecular weight is 246 g/mol. The van der Waals surface area contributed by atoms with Crippen molar-refractivity contribution in [1.29, 1.82) is 0 Å². The molecule has 0 aliphatic heterocycles. The third-order valence-corrected chi connectivity index (χ3v) is 3.55. The van der Waals surface area contributed by atoms with Crippen molar-refractivity contribution in [3.63, 3.8) is 0 Å². The van der Waals surface area contributed by atoms with Gasteiger partial charge in [0.15, 0.2) is 5.60 Å². The van der Waals surface area contributed by atoms with E-state index in [0.29, 0.717) is 17.8 Å². The van der Waals surface area contributed by atoms with Gasteiger partial charge in [-0.2, -0.15) is 0 Å². The van der Waals surface area contributed by atoms with Crippen LogP contribution in [0, 0.1) is 29.6 Å². The van der Waals surface area contributed by atoms with Gasteiger partial charge in [-0.05, 0) is 46.0 Å². The first-order valence-corrected chi connectivity index (χ1v) is 6.78. The molecule has 1 unspecified atom stereocenters. The van der Waals surface area contributed by atoms with Crippen molar-refractivity contribution in [2.24, 2.45) is 17.8 Å². The molecule has 2 fully saturated rings. The Labute approximate surface area is 110 Å². The molecule has 0 aromatic carbocycles. The summed E-state index contributed by atoms with van der Waals surface area (Å²) in [5, 5.41) is 0. The van der Waals surface area contributed by atoms with Crippen molar-refractivity contribution in [1.82, 2.24) is 0 Å². The lowest BCUT2D eigenvalue weighted by Gasteiger charge is -2.23. The summed E-state index contributed by atoms with van der Waals surface area (Å²) in [6.07, 6.45) is 5.75. The van der Waals surface area contributed by atoms with Crippen LogP contribution < -0.4 is 0 Å². The van der Waals surface area contributed by atoms with Gasteiger partial charge >= 0.3 is 5.97 Å². The highest BCUT2D eigenvalue weighted by Crippen LogP contribution is 2.49. The largest absolute Gasteiger partial charge is 0.446 e. The fraction of sp³-hybridized carbons (Fsp3) is 0.688. The number of ether oxygens (including phenoxy) is 1. The van der Waals surface area contributed by atoms with Crippen LogP contribution in [-0.4, -0.2) is 11.6 Å². The summed E-state index contributed by atoms with van der Waals surface area (Å²) in [6, 6.07) is 0. The smallest absolute Gasteiger partial charge is 0.304 e. The molecular weight excluding hydrogens is 224 g/mol. The number of esters is 1. The highest BCUT2D eigenvalue weighted by Gasteiger charge is 2.50. The van der Waals surface area contributed by atoms with Crippen LogP contribution in [-0.2, 0) is 9.53 Å². The van der Waals surface area contributed by atoms with Crippen LogP contribution in [0.5, 0.6) is 0 Å². The molecule has 3 atom stereocenters. The number of hydrogen-bond acceptors (Lipinski definition) is 2. The van der Waals surface area contributed by atoms with Gasteiger partial charge in [-0.15, -0.1) is 0 Å². The van der Waals surface area contributed by atoms with Gasteiger partial charge in [-0.3, -0.25) is 4.79 Å². The van der Waals surface area contributed by atoms with E-state index in [1.54, 1.807) is 0 Å². The van der Waals surface area contributed by atoms with Crippen molar-refractivity contribution >= 4 is 5.97 Å². The van der Waals surface area contributed by atoms with Gasteiger partial charge in [0.1, 0.15) is 0 Å². The quantitative estimate of drug-likeness (QED) is 0.434. The fourth-order valence-electron chi connectivity index (χ4n) is 2.43. The maximum absolute atomic E-state index is 11.3. The lowest BCUT2D eigenvalue weighted by Crippen LogP contribution is -2.32. The molecule has 0 heterocycles. The van der Waals surface area contributed by atoms with Gasteiger partial charge in [0.25, 0.3) is 0 Å². The Hall–Kier alpha value is -1.23. The Kier molecular flexibility index (Phi) is 3.52. The zero-order valence-corrected chi connectivity index (χ0v) is 11.7. The second-order valence-electron chi connectivity index (χ2n) is 5.99. The van der Waals surface area contributed by atoms with Crippen molar-refractivity contribution in [2.75, 3.05) is 0 Å². The van der Waals surface area contributed by atoms with E-state index in [2.05, 4.69) is 31.8 Å². The van der Waals surface area contributed by atoms with Crippen molar-refractivity contribution in [2.45, 2.75) is 52.6 Å². The minimum absolute atomic E-state index is 0.231. The van der Waals surface area contributed by atoms with Crippen LogP contribution in [0.3, 0.4) is 0 Å². The maximum Gasteiger partial charge on any atom is 0.304 e. The number of carbonyl (C=O) groups excluding carboxylic acids is 1. The number of rotatable bonds is 3. The fourth-order valence-corrected chi connectivity index (χ4v) is 2.43. The lowest BCUT2D eigenvalue weighted by atomic mass is 9.98. The van der Waals surface area contributed by atoms with Gasteiger partial charge in [-0.25, -0.2) is 0 Å². The standard InChI is InChI=1S/C16H22O2/c1-11(2)9-14-10-15(14)16(4,18-12(3)17)8-7-13-5-6-13/h9,13-15H,5-6,10H2,1-4H3/t14-,15-,16?/m1/s1. The molecular formula is C16H22O2. The summed E-state index contributed by atoms with van der Waals surface area (Å²) in [4.78, 5) is 11.3. The molecule has 0 N–H and O–H groups in total. The van der Waals surface area contributed by atoms with Crippen LogP contribution in [0.25, 0.3) is 0 Å². The first kappa shape index (κ1) is 13.2. The molecule has 2 heteroatoms. The molecule has 2 nitrogen and oxygen atoms in total. The van der Waals surface area contributed by atoms with E-state index in [-0.39, 0.29) is 5.97 Å². The Balaban J connectivity index is 2.08. The molecule has 0 spiro atoms. The maximum atomic E-state index is 11.3. The highest BCUT2D eigenvalue weighted by molar-refractivity contribution is 5.67. The number of allylic oxidation sites excluding steroid dienone is 2. The van der Waals surface area contributed by atoms with E-state index < -0.39 is 5.60 Å². The van der Waals surface area contributed by atoms with Crippen LogP contribution >= 0.6 is 0 Å². The second kappa shape index (κ2) is 4.80. The molecule has 0 aromatic rings. The summed E-state index contributed by atoms with van der Waals surface area (Å²) in [6.45, 7) is 7.64. The minimum atomic E-state index is -0.592. The first-order chi connectivity index (χ1) is 8.40. The van der Waals surface area contributed by atoms with Crippen LogP contribution in [0.1, 0.15) is 47.0 Å². The highest BCUT2D eigenvalue weighted by atomic mass is 16.6. The van der Waals surface area contributed by atoms with Crippen LogP contribution in [0.4, 0.5) is 0 Å². The lowest BCUT2D eigenvalue weighted by molar-refractivity contribution is -0.151. The van der Waals surface area contributed by atoms with E-state index >= 15 is 0 Å². The SMILES string of the molecule is CC(=O)OC(C)(C#CC1CC1)[C@@H]1C[C@H]1C=C(C)C. The second-order valence-corrected chi connectivity index (χ2v) is 5.99. The Morgan fingerprint density at radius 2 is 2.00 bits per heavy atom. The summed E-state index contributed by atoms with van der Waals surface area (Å²) < 4.78 is 5.51. The predicted molar refractivity (Wildman–Crippen MR) is 71.7 cm³/mol. The normalized spacial score (nSPS) is 28.4. The molecule has 18 heavy (non-hydrogen) atoms. The van der Waals surface area contributed by atoms with Crippen molar-refractivity contribution < 1.29 is 9.53 Å². The Bertz CT molecular complexity index is 430. The van der Waals surface area contributed by atoms with Crippen molar-refractivity contribution in [3.8, 4) is 11.8 Å². The number of carbonyl (C=O) groups is 1. The molecule has 0 radical (unpaired) electrons. The minimum Gasteiger partial charge on any atom is -0.446 e. The molecule has 2 saturated carbocycles. The zero-order valence-electron chi connectivity index (χ0n) is 11.7. The van der Waals surface area contributed by atoms with E-state index in [0.717, 1.165) is 6.42 Å². The molecule has 0 bridgehead atoms. The molecule has 2 rings (SSSR count). The number of hydrogen-bond donors (Lipinski definition) is 0. The molecule has 0 amide bonds. The summed E-state index contributed by atoms with van der Waals surface area (Å²) in [7, 11) is 0. The van der Waals surface area contributed by atoms with Gasteiger partial charge in [0.2, 0.25) is 0 Å². The Morgan fingerprint density at radius 1 is 1.33 bits per heavy atom. The summed E-state index contributed by atoms with van der Waals surface area (Å²) >= 11 is 0. The van der Waals surface area contributed by atoms with Crippen LogP contribution in [0.2, 0.25) is 0 Å². The topological polar surface area (TPSA) is 26.3 Å². The molecule has 2 aliphatic rings. The monoisotopic (exact) mass is 246 g/mol. The summed E-state index contributed by atoms with van der Waals surface area (Å²) in [5.41, 5.74) is 0.730. The van der Waals surface area contributed by atoms with Crippen LogP contribution in [0.15, 0.2) is 11.6 Å². The van der Waals surface area contributed by atoms with Gasteiger partial charge in [-0.1, -0.05) is 23.5 Å². The first-order valence-electron chi connectivity index (χ1n) is 6.78. The molecule has 0 aromatic heterocycles. The Morgan fingerprint density at radius 3 is 2.50 bits per heavy atom. The van der Waals surface area contributed by atoms with Gasteiger partial charge in [0.05, 0.1) is 0 Å². The van der Waals surface area contributed by atoms with Crippen molar-refractivity contribution in [3.05, 3.63) is 11.6 Å². The molecule has 98 valence electrons. The third kappa shape index (κ3) is 3.38. The summed E-state index contributed by atoms with van der Waals surface area (Å²) in [5.74, 6) is 7.68. The predicted octanol–water partition coefficient (Wildman–Crippen LogP) is 3.32. The third-order valence-electron chi connectivity index (χ3n) is 3.55. The van der Waals surface area contributed by atoms with Gasteiger partial charge < -0.3 is 4.74 Å². The van der Waals surface area contributed by atoms with E-state index in [1.807, 2.05) is 6.92 Å². The van der Waals surface area contributed by atoms with E-state index in [4.69, 9.17) is 4.74 Å². The molecule has 0 saturated heterocycles. The van der Waals surface area contributed by atoms with Gasteiger partial charge in [0, 0.05) is 18.8 Å². The zero-order chi connectivity index (χ0) is 13.3. The van der Waals surface area contributed by atoms with E-state index in [9.17, 15) is 4.79 Å². The molecule has 2 aliphatic carbocycles. The van der Waals surface area contributed by atoms with E-state index in [1.165, 1.54) is 25.3 Å².